The summed E-state index contributed by atoms with van der Waals surface area (Å²) in [5, 5.41) is 9.37. The molecule has 3 unspecified atom stereocenters. The lowest BCUT2D eigenvalue weighted by molar-refractivity contribution is -0.160. The van der Waals surface area contributed by atoms with Crippen LogP contribution in [0.25, 0.3) is 0 Å². The van der Waals surface area contributed by atoms with E-state index in [1.54, 1.807) is 47.3 Å². The van der Waals surface area contributed by atoms with Crippen LogP contribution in [0.2, 0.25) is 0 Å². The van der Waals surface area contributed by atoms with Crippen molar-refractivity contribution in [3.8, 4) is 5.75 Å². The summed E-state index contributed by atoms with van der Waals surface area (Å²) < 4.78 is 17.4. The minimum Gasteiger partial charge on any atom is -0.497 e. The van der Waals surface area contributed by atoms with Gasteiger partial charge in [0.25, 0.3) is 5.91 Å². The minimum atomic E-state index is -1.18. The van der Waals surface area contributed by atoms with Gasteiger partial charge in [-0.2, -0.15) is 0 Å². The van der Waals surface area contributed by atoms with E-state index >= 15 is 0 Å². The number of esters is 1. The number of rotatable bonds is 12. The van der Waals surface area contributed by atoms with E-state index in [0.29, 0.717) is 30.7 Å². The highest BCUT2D eigenvalue weighted by Gasteiger charge is 2.80. The molecular formula is C29H38N2O7. The number of hydrogen-bond acceptors (Lipinski definition) is 7. The van der Waals surface area contributed by atoms with Gasteiger partial charge in [-0.1, -0.05) is 25.7 Å². The molecule has 1 spiro atoms. The molecule has 2 amide bonds. The fraction of sp³-hybridized carbons (Fsp3) is 0.552. The molecule has 4 rings (SSSR count). The van der Waals surface area contributed by atoms with Gasteiger partial charge in [0.05, 0.1) is 18.6 Å². The fourth-order valence-electron chi connectivity index (χ4n) is 6.60. The number of unbranched alkanes of at least 4 members (excludes halogenated alkanes) is 1. The quantitative estimate of drug-likeness (QED) is 0.254. The molecule has 3 fully saturated rings. The summed E-state index contributed by atoms with van der Waals surface area (Å²) in [4.78, 5) is 45.0. The Morgan fingerprint density at radius 2 is 1.95 bits per heavy atom. The SMILES string of the molecule is C=CCOC(=O)[C@@H]1[C@H]2C(=O)N(CCCCO)C(C(=O)N(CC=C)c3ccc(OC)cc3)C23CC(C)[C@@]1(C)O3. The summed E-state index contributed by atoms with van der Waals surface area (Å²) in [5.74, 6) is -2.22. The first-order valence-corrected chi connectivity index (χ1v) is 13.2. The maximum atomic E-state index is 14.5. The van der Waals surface area contributed by atoms with Crippen LogP contribution in [0.4, 0.5) is 5.69 Å². The van der Waals surface area contributed by atoms with Crippen LogP contribution in [0.1, 0.15) is 33.1 Å². The van der Waals surface area contributed by atoms with Crippen LogP contribution in [0.3, 0.4) is 0 Å². The van der Waals surface area contributed by atoms with E-state index < -0.39 is 35.0 Å². The van der Waals surface area contributed by atoms with Crippen LogP contribution in [0, 0.1) is 17.8 Å². The molecular weight excluding hydrogens is 488 g/mol. The molecule has 1 aromatic carbocycles. The molecule has 2 bridgehead atoms. The Balaban J connectivity index is 1.79. The number of fused-ring (bicyclic) bond motifs is 1. The maximum Gasteiger partial charge on any atom is 0.313 e. The second kappa shape index (κ2) is 10.9. The van der Waals surface area contributed by atoms with Crippen molar-refractivity contribution in [2.24, 2.45) is 17.8 Å². The molecule has 3 saturated heterocycles. The molecule has 3 aliphatic rings. The lowest BCUT2D eigenvalue weighted by Gasteiger charge is -2.37. The number of anilines is 1. The van der Waals surface area contributed by atoms with Crippen molar-refractivity contribution in [3.05, 3.63) is 49.6 Å². The van der Waals surface area contributed by atoms with E-state index in [2.05, 4.69) is 13.2 Å². The second-order valence-corrected chi connectivity index (χ2v) is 10.5. The zero-order chi connectivity index (χ0) is 27.7. The number of carbonyl (C=O) groups is 3. The Hall–Kier alpha value is -3.17. The Bertz CT molecular complexity index is 1090. The zero-order valence-electron chi connectivity index (χ0n) is 22.4. The number of nitrogens with zero attached hydrogens (tertiary/aromatic N) is 2. The normalized spacial score (nSPS) is 31.2. The molecule has 206 valence electrons. The Morgan fingerprint density at radius 1 is 1.24 bits per heavy atom. The van der Waals surface area contributed by atoms with Gasteiger partial charge in [-0.3, -0.25) is 14.4 Å². The fourth-order valence-corrected chi connectivity index (χ4v) is 6.60. The number of methoxy groups -OCH3 is 1. The number of benzene rings is 1. The van der Waals surface area contributed by atoms with Gasteiger partial charge < -0.3 is 29.1 Å². The number of aliphatic hydroxyl groups excluding tert-OH is 1. The number of amides is 2. The highest BCUT2D eigenvalue weighted by molar-refractivity contribution is 6.04. The Kier molecular flexibility index (Phi) is 7.99. The number of ether oxygens (including phenoxy) is 3. The number of aliphatic hydroxyl groups is 1. The minimum absolute atomic E-state index is 0.0221. The number of carbonyl (C=O) groups excluding carboxylic acids is 3. The molecule has 0 aromatic heterocycles. The molecule has 0 saturated carbocycles. The van der Waals surface area contributed by atoms with E-state index in [-0.39, 0.29) is 44.0 Å². The first kappa shape index (κ1) is 27.9. The molecule has 0 radical (unpaired) electrons. The summed E-state index contributed by atoms with van der Waals surface area (Å²) in [6.07, 6.45) is 4.58. The predicted molar refractivity (Wildman–Crippen MR) is 142 cm³/mol. The number of hydrogen-bond donors (Lipinski definition) is 1. The topological polar surface area (TPSA) is 106 Å². The van der Waals surface area contributed by atoms with Gasteiger partial charge in [0, 0.05) is 25.4 Å². The standard InChI is InChI=1S/C29H38N2O7/c1-6-14-30(20-10-12-21(36-5)13-11-20)26(34)24-29-18-19(3)28(4,38-29)23(27(35)37-17-7-2)22(29)25(33)31(24)15-8-9-16-32/h6-7,10-13,19,22-24,32H,1-2,8-9,14-18H2,3-5H3/t19?,22-,23-,24?,28+,29?/m0/s1. The predicted octanol–water partition coefficient (Wildman–Crippen LogP) is 2.73. The molecule has 1 aromatic rings. The van der Waals surface area contributed by atoms with Gasteiger partial charge in [-0.25, -0.2) is 0 Å². The van der Waals surface area contributed by atoms with Crippen LogP contribution in [0.15, 0.2) is 49.6 Å². The van der Waals surface area contributed by atoms with E-state index in [1.807, 2.05) is 13.8 Å². The molecule has 38 heavy (non-hydrogen) atoms. The Labute approximate surface area is 224 Å². The van der Waals surface area contributed by atoms with Crippen LogP contribution >= 0.6 is 0 Å². The summed E-state index contributed by atoms with van der Waals surface area (Å²) in [6.45, 7) is 11.8. The average molecular weight is 527 g/mol. The molecule has 0 aliphatic carbocycles. The average Bonchev–Trinajstić information content (AvgIpc) is 3.42. The third kappa shape index (κ3) is 4.31. The lowest BCUT2D eigenvalue weighted by Crippen LogP contribution is -2.57. The number of likely N-dealkylation sites (tertiary alicyclic amines) is 1. The van der Waals surface area contributed by atoms with E-state index in [1.165, 1.54) is 6.08 Å². The first-order chi connectivity index (χ1) is 18.2. The van der Waals surface area contributed by atoms with Crippen molar-refractivity contribution in [1.82, 2.24) is 4.90 Å². The summed E-state index contributed by atoms with van der Waals surface area (Å²) in [6, 6.07) is 6.17. The van der Waals surface area contributed by atoms with Crippen molar-refractivity contribution >= 4 is 23.5 Å². The van der Waals surface area contributed by atoms with Crippen molar-refractivity contribution in [2.75, 3.05) is 38.3 Å². The monoisotopic (exact) mass is 526 g/mol. The van der Waals surface area contributed by atoms with Crippen molar-refractivity contribution in [3.63, 3.8) is 0 Å². The van der Waals surface area contributed by atoms with Crippen molar-refractivity contribution in [2.45, 2.75) is 50.4 Å². The lowest BCUT2D eigenvalue weighted by atomic mass is 9.62. The van der Waals surface area contributed by atoms with Gasteiger partial charge in [-0.05, 0) is 56.4 Å². The van der Waals surface area contributed by atoms with Gasteiger partial charge in [0.15, 0.2) is 0 Å². The molecule has 9 nitrogen and oxygen atoms in total. The van der Waals surface area contributed by atoms with Crippen molar-refractivity contribution in [1.29, 1.82) is 0 Å². The van der Waals surface area contributed by atoms with Crippen LogP contribution in [-0.2, 0) is 23.9 Å². The van der Waals surface area contributed by atoms with E-state index in [9.17, 15) is 19.5 Å². The summed E-state index contributed by atoms with van der Waals surface area (Å²) >= 11 is 0. The largest absolute Gasteiger partial charge is 0.497 e. The molecule has 3 aliphatic heterocycles. The van der Waals surface area contributed by atoms with Crippen LogP contribution in [-0.4, -0.2) is 78.4 Å². The molecule has 9 heteroatoms. The maximum absolute atomic E-state index is 14.5. The molecule has 1 N–H and O–H groups in total. The first-order valence-electron chi connectivity index (χ1n) is 13.2. The van der Waals surface area contributed by atoms with Gasteiger partial charge in [-0.15, -0.1) is 6.58 Å². The zero-order valence-corrected chi connectivity index (χ0v) is 22.4. The van der Waals surface area contributed by atoms with Crippen LogP contribution in [0.5, 0.6) is 5.75 Å². The third-order valence-corrected chi connectivity index (χ3v) is 8.41. The summed E-state index contributed by atoms with van der Waals surface area (Å²) in [7, 11) is 1.57. The van der Waals surface area contributed by atoms with Gasteiger partial charge in [0.1, 0.15) is 29.9 Å². The second-order valence-electron chi connectivity index (χ2n) is 10.5. The Morgan fingerprint density at radius 3 is 2.55 bits per heavy atom. The summed E-state index contributed by atoms with van der Waals surface area (Å²) in [5.41, 5.74) is -1.49. The van der Waals surface area contributed by atoms with E-state index in [0.717, 1.165) is 0 Å². The van der Waals surface area contributed by atoms with Crippen molar-refractivity contribution < 1.29 is 33.7 Å². The molecule has 3 heterocycles. The van der Waals surface area contributed by atoms with E-state index in [4.69, 9.17) is 14.2 Å². The highest BCUT2D eigenvalue weighted by atomic mass is 16.6. The van der Waals surface area contributed by atoms with Gasteiger partial charge >= 0.3 is 5.97 Å². The molecule has 6 atom stereocenters. The highest BCUT2D eigenvalue weighted by Crippen LogP contribution is 2.65. The van der Waals surface area contributed by atoms with Crippen LogP contribution < -0.4 is 9.64 Å². The third-order valence-electron chi connectivity index (χ3n) is 8.41. The smallest absolute Gasteiger partial charge is 0.313 e. The van der Waals surface area contributed by atoms with Gasteiger partial charge in [0.2, 0.25) is 5.91 Å².